The molecule has 1 aromatic heterocycles. The first kappa shape index (κ1) is 14.3. The number of halogens is 1. The van der Waals surface area contributed by atoms with Crippen LogP contribution in [0.1, 0.15) is 33.7 Å². The van der Waals surface area contributed by atoms with Crippen LogP contribution >= 0.6 is 12.4 Å². The number of aryl methyl sites for hydroxylation is 2. The Hall–Kier alpha value is -0.800. The highest BCUT2D eigenvalue weighted by molar-refractivity contribution is 6.01. The first-order chi connectivity index (χ1) is 7.50. The van der Waals surface area contributed by atoms with Crippen molar-refractivity contribution in [1.29, 1.82) is 0 Å². The van der Waals surface area contributed by atoms with Crippen LogP contribution < -0.4 is 0 Å². The Morgan fingerprint density at radius 3 is 2.59 bits per heavy atom. The van der Waals surface area contributed by atoms with E-state index >= 15 is 0 Å². The van der Waals surface area contributed by atoms with E-state index in [9.17, 15) is 4.79 Å². The lowest BCUT2D eigenvalue weighted by Gasteiger charge is -2.24. The van der Waals surface area contributed by atoms with Gasteiger partial charge in [0.05, 0.1) is 0 Å². The summed E-state index contributed by atoms with van der Waals surface area (Å²) in [7, 11) is 4.05. The SMILES string of the molecule is Cc1[nH]c2c(c1C)C(=O)C(CN(C)C)CC2.Cl. The number of carbonyl (C=O) groups excluding carboxylic acids is 1. The predicted octanol–water partition coefficient (Wildman–Crippen LogP) is 2.36. The standard InChI is InChI=1S/C13H20N2O.ClH/c1-8-9(2)14-11-6-5-10(7-15(3)4)13(16)12(8)11;/h10,14H,5-7H2,1-4H3;1H. The minimum atomic E-state index is 0. The molecule has 0 saturated heterocycles. The van der Waals surface area contributed by atoms with Gasteiger partial charge in [-0.3, -0.25) is 4.79 Å². The van der Waals surface area contributed by atoms with Gasteiger partial charge in [0.1, 0.15) is 0 Å². The Morgan fingerprint density at radius 1 is 1.35 bits per heavy atom. The molecule has 2 rings (SSSR count). The molecule has 0 bridgehead atoms. The fourth-order valence-corrected chi connectivity index (χ4v) is 2.59. The van der Waals surface area contributed by atoms with Gasteiger partial charge in [0.2, 0.25) is 0 Å². The van der Waals surface area contributed by atoms with Gasteiger partial charge < -0.3 is 9.88 Å². The molecule has 1 N–H and O–H groups in total. The molecule has 1 atom stereocenters. The van der Waals surface area contributed by atoms with Crippen LogP contribution in [0.5, 0.6) is 0 Å². The van der Waals surface area contributed by atoms with E-state index in [1.165, 1.54) is 0 Å². The second-order valence-corrected chi connectivity index (χ2v) is 5.09. The second kappa shape index (κ2) is 5.23. The van der Waals surface area contributed by atoms with Crippen LogP contribution in [0.4, 0.5) is 0 Å². The fraction of sp³-hybridized carbons (Fsp3) is 0.615. The quantitative estimate of drug-likeness (QED) is 0.882. The number of aromatic amines is 1. The first-order valence-electron chi connectivity index (χ1n) is 5.87. The molecule has 0 aliphatic heterocycles. The maximum Gasteiger partial charge on any atom is 0.169 e. The maximum absolute atomic E-state index is 12.3. The first-order valence-corrected chi connectivity index (χ1v) is 5.87. The summed E-state index contributed by atoms with van der Waals surface area (Å²) >= 11 is 0. The molecule has 0 aromatic carbocycles. The molecule has 4 heteroatoms. The van der Waals surface area contributed by atoms with Crippen molar-refractivity contribution in [2.75, 3.05) is 20.6 Å². The topological polar surface area (TPSA) is 36.1 Å². The Morgan fingerprint density at radius 2 is 2.00 bits per heavy atom. The van der Waals surface area contributed by atoms with E-state index in [1.54, 1.807) is 0 Å². The van der Waals surface area contributed by atoms with Crippen LogP contribution in [0.2, 0.25) is 0 Å². The second-order valence-electron chi connectivity index (χ2n) is 5.09. The summed E-state index contributed by atoms with van der Waals surface area (Å²) in [6, 6.07) is 0. The number of aromatic nitrogens is 1. The highest BCUT2D eigenvalue weighted by Crippen LogP contribution is 2.29. The molecule has 1 aromatic rings. The molecular formula is C13H21ClN2O. The van der Waals surface area contributed by atoms with E-state index in [2.05, 4.69) is 9.88 Å². The molecule has 0 amide bonds. The van der Waals surface area contributed by atoms with Gasteiger partial charge in [-0.1, -0.05) is 0 Å². The lowest BCUT2D eigenvalue weighted by molar-refractivity contribution is 0.0876. The molecule has 1 unspecified atom stereocenters. The van der Waals surface area contributed by atoms with E-state index < -0.39 is 0 Å². The third-order valence-electron chi connectivity index (χ3n) is 3.52. The van der Waals surface area contributed by atoms with Gasteiger partial charge in [0.25, 0.3) is 0 Å². The summed E-state index contributed by atoms with van der Waals surface area (Å²) < 4.78 is 0. The number of fused-ring (bicyclic) bond motifs is 1. The highest BCUT2D eigenvalue weighted by Gasteiger charge is 2.30. The van der Waals surface area contributed by atoms with Crippen molar-refractivity contribution in [3.05, 3.63) is 22.5 Å². The number of hydrogen-bond acceptors (Lipinski definition) is 2. The van der Waals surface area contributed by atoms with Gasteiger partial charge in [-0.2, -0.15) is 0 Å². The van der Waals surface area contributed by atoms with Crippen LogP contribution in [-0.2, 0) is 6.42 Å². The highest BCUT2D eigenvalue weighted by atomic mass is 35.5. The predicted molar refractivity (Wildman–Crippen MR) is 72.2 cm³/mol. The molecule has 0 radical (unpaired) electrons. The Labute approximate surface area is 109 Å². The number of hydrogen-bond donors (Lipinski definition) is 1. The minimum Gasteiger partial charge on any atom is -0.362 e. The molecule has 96 valence electrons. The van der Waals surface area contributed by atoms with Crippen molar-refractivity contribution < 1.29 is 4.79 Å². The van der Waals surface area contributed by atoms with Gasteiger partial charge in [0, 0.05) is 29.4 Å². The summed E-state index contributed by atoms with van der Waals surface area (Å²) in [5.74, 6) is 0.508. The van der Waals surface area contributed by atoms with Gasteiger partial charge >= 0.3 is 0 Å². The number of ketones is 1. The average Bonchev–Trinajstić information content (AvgIpc) is 2.48. The van der Waals surface area contributed by atoms with Gasteiger partial charge in [-0.25, -0.2) is 0 Å². The van der Waals surface area contributed by atoms with Crippen molar-refractivity contribution in [3.63, 3.8) is 0 Å². The zero-order chi connectivity index (χ0) is 11.9. The normalized spacial score (nSPS) is 19.1. The molecule has 3 nitrogen and oxygen atoms in total. The summed E-state index contributed by atoms with van der Waals surface area (Å²) in [4.78, 5) is 17.8. The molecule has 1 heterocycles. The lowest BCUT2D eigenvalue weighted by Crippen LogP contribution is -2.31. The number of rotatable bonds is 2. The van der Waals surface area contributed by atoms with Crippen molar-refractivity contribution >= 4 is 18.2 Å². The number of nitrogens with one attached hydrogen (secondary N) is 1. The smallest absolute Gasteiger partial charge is 0.169 e. The van der Waals surface area contributed by atoms with Gasteiger partial charge in [-0.15, -0.1) is 12.4 Å². The number of carbonyl (C=O) groups is 1. The maximum atomic E-state index is 12.3. The molecule has 1 aliphatic carbocycles. The van der Waals surface area contributed by atoms with Crippen molar-refractivity contribution in [2.45, 2.75) is 26.7 Å². The van der Waals surface area contributed by atoms with E-state index in [1.807, 2.05) is 27.9 Å². The molecule has 0 saturated carbocycles. The molecule has 0 fully saturated rings. The summed E-state index contributed by atoms with van der Waals surface area (Å²) in [6.07, 6.45) is 1.98. The van der Waals surface area contributed by atoms with E-state index in [-0.39, 0.29) is 18.3 Å². The zero-order valence-corrected chi connectivity index (χ0v) is 11.8. The van der Waals surface area contributed by atoms with Crippen molar-refractivity contribution in [3.8, 4) is 0 Å². The van der Waals surface area contributed by atoms with Gasteiger partial charge in [-0.05, 0) is 46.3 Å². The largest absolute Gasteiger partial charge is 0.362 e. The lowest BCUT2D eigenvalue weighted by atomic mass is 9.84. The average molecular weight is 257 g/mol. The molecule has 1 aliphatic rings. The molecular weight excluding hydrogens is 236 g/mol. The van der Waals surface area contributed by atoms with Gasteiger partial charge in [0.15, 0.2) is 5.78 Å². The Bertz CT molecular complexity index is 423. The van der Waals surface area contributed by atoms with Crippen LogP contribution in [-0.4, -0.2) is 36.3 Å². The third-order valence-corrected chi connectivity index (χ3v) is 3.52. The molecule has 0 spiro atoms. The third kappa shape index (κ3) is 2.55. The van der Waals surface area contributed by atoms with Crippen molar-refractivity contribution in [1.82, 2.24) is 9.88 Å². The Balaban J connectivity index is 0.00000144. The minimum absolute atomic E-state index is 0. The molecule has 17 heavy (non-hydrogen) atoms. The summed E-state index contributed by atoms with van der Waals surface area (Å²) in [5, 5.41) is 0. The number of Topliss-reactive ketones (excluding diaryl/α,β-unsaturated/α-hetero) is 1. The summed E-state index contributed by atoms with van der Waals surface area (Å²) in [5.41, 5.74) is 4.40. The van der Waals surface area contributed by atoms with Crippen LogP contribution in [0.15, 0.2) is 0 Å². The monoisotopic (exact) mass is 256 g/mol. The summed E-state index contributed by atoms with van der Waals surface area (Å²) in [6.45, 7) is 4.95. The Kier molecular flexibility index (Phi) is 4.39. The van der Waals surface area contributed by atoms with Crippen LogP contribution in [0.25, 0.3) is 0 Å². The number of nitrogens with zero attached hydrogens (tertiary/aromatic N) is 1. The fourth-order valence-electron chi connectivity index (χ4n) is 2.59. The zero-order valence-electron chi connectivity index (χ0n) is 11.0. The van der Waals surface area contributed by atoms with Crippen molar-refractivity contribution in [2.24, 2.45) is 5.92 Å². The van der Waals surface area contributed by atoms with E-state index in [0.717, 1.165) is 41.9 Å². The number of H-pyrrole nitrogens is 1. The van der Waals surface area contributed by atoms with E-state index in [4.69, 9.17) is 0 Å². The van der Waals surface area contributed by atoms with Crippen LogP contribution in [0, 0.1) is 19.8 Å². The van der Waals surface area contributed by atoms with Crippen LogP contribution in [0.3, 0.4) is 0 Å². The van der Waals surface area contributed by atoms with E-state index in [0.29, 0.717) is 5.78 Å².